The van der Waals surface area contributed by atoms with Crippen LogP contribution in [0.15, 0.2) is 48.8 Å². The zero-order valence-electron chi connectivity index (χ0n) is 12.7. The van der Waals surface area contributed by atoms with Gasteiger partial charge in [-0.2, -0.15) is 0 Å². The molecule has 4 aromatic rings. The fourth-order valence-electron chi connectivity index (χ4n) is 2.81. The monoisotopic (exact) mass is 307 g/mol. The summed E-state index contributed by atoms with van der Waals surface area (Å²) in [4.78, 5) is 4.53. The fourth-order valence-corrected chi connectivity index (χ4v) is 2.81. The molecule has 0 amide bonds. The Labute approximate surface area is 132 Å². The number of para-hydroxylation sites is 2. The first-order valence-electron chi connectivity index (χ1n) is 7.24. The highest BCUT2D eigenvalue weighted by atomic mass is 19.1. The predicted molar refractivity (Wildman–Crippen MR) is 85.8 cm³/mol. The zero-order chi connectivity index (χ0) is 16.0. The second-order valence-electron chi connectivity index (χ2n) is 5.37. The normalized spacial score (nSPS) is 11.3. The van der Waals surface area contributed by atoms with Crippen molar-refractivity contribution in [3.05, 3.63) is 60.4 Å². The van der Waals surface area contributed by atoms with Crippen LogP contribution in [0.25, 0.3) is 28.1 Å². The minimum atomic E-state index is -0.318. The van der Waals surface area contributed by atoms with E-state index in [1.807, 2.05) is 36.7 Å². The van der Waals surface area contributed by atoms with E-state index in [2.05, 4.69) is 15.2 Å². The number of imidazole rings is 1. The maximum Gasteiger partial charge on any atom is 0.170 e. The highest BCUT2D eigenvalue weighted by Crippen LogP contribution is 2.29. The van der Waals surface area contributed by atoms with Crippen molar-refractivity contribution >= 4 is 11.0 Å². The van der Waals surface area contributed by atoms with Crippen LogP contribution in [0.3, 0.4) is 0 Å². The van der Waals surface area contributed by atoms with Crippen molar-refractivity contribution in [1.29, 1.82) is 0 Å². The highest BCUT2D eigenvalue weighted by Gasteiger charge is 2.17. The van der Waals surface area contributed by atoms with Gasteiger partial charge in [0, 0.05) is 12.6 Å². The van der Waals surface area contributed by atoms with Crippen LogP contribution in [-0.4, -0.2) is 24.3 Å². The minimum absolute atomic E-state index is 0.318. The van der Waals surface area contributed by atoms with Gasteiger partial charge in [0.05, 0.1) is 16.7 Å². The molecular formula is C17H14FN5. The van der Waals surface area contributed by atoms with Crippen LogP contribution < -0.4 is 0 Å². The Morgan fingerprint density at radius 3 is 2.70 bits per heavy atom. The standard InChI is InChI=1S/C17H14FN5/c1-11-20-14-8-5-6-12(16(14)22(11)2)17-21-19-10-23(17)15-9-4-3-7-13(15)18/h3-10H,1-2H3. The maximum absolute atomic E-state index is 14.2. The van der Waals surface area contributed by atoms with Gasteiger partial charge in [0.25, 0.3) is 0 Å². The van der Waals surface area contributed by atoms with Gasteiger partial charge in [-0.05, 0) is 31.2 Å². The average molecular weight is 307 g/mol. The molecule has 0 saturated heterocycles. The first-order valence-corrected chi connectivity index (χ1v) is 7.24. The van der Waals surface area contributed by atoms with Gasteiger partial charge in [-0.15, -0.1) is 10.2 Å². The van der Waals surface area contributed by atoms with Crippen LogP contribution in [0.2, 0.25) is 0 Å². The number of hydrogen-bond donors (Lipinski definition) is 0. The fraction of sp³-hybridized carbons (Fsp3) is 0.118. The zero-order valence-corrected chi connectivity index (χ0v) is 12.7. The van der Waals surface area contributed by atoms with E-state index < -0.39 is 0 Å². The molecule has 0 aliphatic heterocycles. The van der Waals surface area contributed by atoms with Gasteiger partial charge >= 0.3 is 0 Å². The largest absolute Gasteiger partial charge is 0.331 e. The molecule has 6 heteroatoms. The number of aromatic nitrogens is 5. The van der Waals surface area contributed by atoms with Crippen LogP contribution >= 0.6 is 0 Å². The molecule has 4 rings (SSSR count). The molecule has 0 radical (unpaired) electrons. The summed E-state index contributed by atoms with van der Waals surface area (Å²) in [7, 11) is 1.96. The predicted octanol–water partition coefficient (Wildman–Crippen LogP) is 3.27. The SMILES string of the molecule is Cc1nc2cccc(-c3nncn3-c3ccccc3F)c2n1C. The van der Waals surface area contributed by atoms with Gasteiger partial charge in [-0.25, -0.2) is 9.37 Å². The van der Waals surface area contributed by atoms with Crippen LogP contribution in [-0.2, 0) is 7.05 Å². The molecule has 0 aliphatic rings. The summed E-state index contributed by atoms with van der Waals surface area (Å²) in [5.74, 6) is 1.18. The van der Waals surface area contributed by atoms with Crippen molar-refractivity contribution in [2.75, 3.05) is 0 Å². The molecule has 0 bridgehead atoms. The van der Waals surface area contributed by atoms with E-state index in [1.165, 1.54) is 12.4 Å². The summed E-state index contributed by atoms with van der Waals surface area (Å²) in [6.45, 7) is 1.95. The lowest BCUT2D eigenvalue weighted by atomic mass is 10.1. The van der Waals surface area contributed by atoms with Crippen LogP contribution in [0, 0.1) is 12.7 Å². The third kappa shape index (κ3) is 2.03. The van der Waals surface area contributed by atoms with Crippen molar-refractivity contribution in [3.63, 3.8) is 0 Å². The van der Waals surface area contributed by atoms with E-state index in [4.69, 9.17) is 0 Å². The molecule has 0 aliphatic carbocycles. The first-order chi connectivity index (χ1) is 11.2. The number of fused-ring (bicyclic) bond motifs is 1. The number of nitrogens with zero attached hydrogens (tertiary/aromatic N) is 5. The van der Waals surface area contributed by atoms with Crippen LogP contribution in [0.5, 0.6) is 0 Å². The first kappa shape index (κ1) is 13.6. The molecule has 2 heterocycles. The summed E-state index contributed by atoms with van der Waals surface area (Å²) in [6, 6.07) is 12.4. The van der Waals surface area contributed by atoms with E-state index in [0.29, 0.717) is 11.5 Å². The number of aryl methyl sites for hydroxylation is 2. The second kappa shape index (κ2) is 5.01. The Morgan fingerprint density at radius 1 is 1.04 bits per heavy atom. The lowest BCUT2D eigenvalue weighted by Gasteiger charge is -2.09. The van der Waals surface area contributed by atoms with Crippen molar-refractivity contribution in [2.45, 2.75) is 6.92 Å². The van der Waals surface area contributed by atoms with Gasteiger partial charge in [-0.3, -0.25) is 4.57 Å². The molecule has 5 nitrogen and oxygen atoms in total. The number of hydrogen-bond acceptors (Lipinski definition) is 3. The van der Waals surface area contributed by atoms with Gasteiger partial charge in [0.1, 0.15) is 18.0 Å². The van der Waals surface area contributed by atoms with Gasteiger partial charge in [-0.1, -0.05) is 18.2 Å². The second-order valence-corrected chi connectivity index (χ2v) is 5.37. The van der Waals surface area contributed by atoms with Crippen molar-refractivity contribution < 1.29 is 4.39 Å². The van der Waals surface area contributed by atoms with Crippen molar-refractivity contribution in [3.8, 4) is 17.1 Å². The van der Waals surface area contributed by atoms with E-state index in [9.17, 15) is 4.39 Å². The summed E-state index contributed by atoms with van der Waals surface area (Å²) in [6.07, 6.45) is 1.52. The van der Waals surface area contributed by atoms with Gasteiger partial charge in [0.2, 0.25) is 0 Å². The Morgan fingerprint density at radius 2 is 1.87 bits per heavy atom. The molecule has 0 saturated carbocycles. The number of benzene rings is 2. The van der Waals surface area contributed by atoms with Crippen LogP contribution in [0.1, 0.15) is 5.82 Å². The van der Waals surface area contributed by atoms with Crippen molar-refractivity contribution in [1.82, 2.24) is 24.3 Å². The highest BCUT2D eigenvalue weighted by molar-refractivity contribution is 5.91. The molecule has 114 valence electrons. The van der Waals surface area contributed by atoms with E-state index in [1.54, 1.807) is 22.8 Å². The Balaban J connectivity index is 2.01. The Kier molecular flexibility index (Phi) is 2.97. The Bertz CT molecular complexity index is 1010. The quantitative estimate of drug-likeness (QED) is 0.571. The van der Waals surface area contributed by atoms with E-state index in [-0.39, 0.29) is 5.82 Å². The lowest BCUT2D eigenvalue weighted by molar-refractivity contribution is 0.618. The van der Waals surface area contributed by atoms with E-state index in [0.717, 1.165) is 22.4 Å². The average Bonchev–Trinajstić information content (AvgIpc) is 3.13. The summed E-state index contributed by atoms with van der Waals surface area (Å²) in [5.41, 5.74) is 3.12. The summed E-state index contributed by atoms with van der Waals surface area (Å²) < 4.78 is 17.8. The molecule has 2 aromatic heterocycles. The molecule has 2 aromatic carbocycles. The molecule has 0 atom stereocenters. The van der Waals surface area contributed by atoms with Gasteiger partial charge < -0.3 is 4.57 Å². The minimum Gasteiger partial charge on any atom is -0.331 e. The molecule has 0 unspecified atom stereocenters. The summed E-state index contributed by atoms with van der Waals surface area (Å²) in [5, 5.41) is 8.19. The molecule has 0 fully saturated rings. The van der Waals surface area contributed by atoms with E-state index >= 15 is 0 Å². The summed E-state index contributed by atoms with van der Waals surface area (Å²) >= 11 is 0. The molecule has 0 spiro atoms. The molecule has 23 heavy (non-hydrogen) atoms. The topological polar surface area (TPSA) is 48.5 Å². The number of halogens is 1. The smallest absolute Gasteiger partial charge is 0.170 e. The maximum atomic E-state index is 14.2. The van der Waals surface area contributed by atoms with Crippen LogP contribution in [0.4, 0.5) is 4.39 Å². The third-order valence-electron chi connectivity index (χ3n) is 4.02. The van der Waals surface area contributed by atoms with Crippen molar-refractivity contribution in [2.24, 2.45) is 7.05 Å². The van der Waals surface area contributed by atoms with Gasteiger partial charge in [0.15, 0.2) is 5.82 Å². The third-order valence-corrected chi connectivity index (χ3v) is 4.02. The molecule has 0 N–H and O–H groups in total. The molecular weight excluding hydrogens is 293 g/mol. The number of rotatable bonds is 2. The Hall–Kier alpha value is -3.02. The lowest BCUT2D eigenvalue weighted by Crippen LogP contribution is -2.01.